The molecule has 1 fully saturated rings. The summed E-state index contributed by atoms with van der Waals surface area (Å²) in [6.07, 6.45) is 2.14. The number of benzene rings is 2. The SMILES string of the molecule is CCCNC(=O)CCCC(=O)Nc1ccc2c(c1)C(COC(=O)ON1OCCCC1=O)c1cc(C(=O)NCCC)ccc1-2.[HH].[HH].[HH]. The molecule has 43 heavy (non-hydrogen) atoms. The van der Waals surface area contributed by atoms with Crippen LogP contribution in [0.1, 0.15) is 90.5 Å². The molecule has 2 aliphatic rings. The number of carbonyl (C=O) groups excluding carboxylic acids is 5. The summed E-state index contributed by atoms with van der Waals surface area (Å²) >= 11 is 0. The van der Waals surface area contributed by atoms with E-state index >= 15 is 0 Å². The summed E-state index contributed by atoms with van der Waals surface area (Å²) < 4.78 is 5.42. The van der Waals surface area contributed by atoms with Gasteiger partial charge in [0, 0.05) is 53.8 Å². The number of anilines is 1. The summed E-state index contributed by atoms with van der Waals surface area (Å²) in [5, 5.41) is 9.09. The number of amides is 4. The molecule has 2 aromatic rings. The van der Waals surface area contributed by atoms with Crippen LogP contribution in [-0.4, -0.2) is 61.3 Å². The Balaban J connectivity index is 0.00000353. The third kappa shape index (κ3) is 8.31. The highest BCUT2D eigenvalue weighted by Crippen LogP contribution is 2.46. The molecule has 1 aliphatic heterocycles. The monoisotopic (exact) mass is 600 g/mol. The molecule has 1 unspecified atom stereocenters. The average molecular weight is 601 g/mol. The van der Waals surface area contributed by atoms with E-state index in [4.69, 9.17) is 14.4 Å². The van der Waals surface area contributed by atoms with Gasteiger partial charge in [-0.3, -0.25) is 24.0 Å². The number of rotatable bonds is 13. The Morgan fingerprint density at radius 2 is 1.65 bits per heavy atom. The van der Waals surface area contributed by atoms with Gasteiger partial charge in [-0.05, 0) is 77.4 Å². The summed E-state index contributed by atoms with van der Waals surface area (Å²) in [4.78, 5) is 71.6. The van der Waals surface area contributed by atoms with E-state index in [2.05, 4.69) is 16.0 Å². The summed E-state index contributed by atoms with van der Waals surface area (Å²) in [5.74, 6) is -1.48. The van der Waals surface area contributed by atoms with Gasteiger partial charge in [-0.25, -0.2) is 9.63 Å². The highest BCUT2D eigenvalue weighted by Gasteiger charge is 2.32. The molecule has 12 heteroatoms. The van der Waals surface area contributed by atoms with E-state index in [-0.39, 0.29) is 54.5 Å². The van der Waals surface area contributed by atoms with E-state index in [1.807, 2.05) is 32.0 Å². The van der Waals surface area contributed by atoms with E-state index in [0.29, 0.717) is 42.4 Å². The molecule has 1 heterocycles. The number of nitrogens with one attached hydrogen (secondary N) is 3. The third-order valence-electron chi connectivity index (χ3n) is 7.08. The van der Waals surface area contributed by atoms with Gasteiger partial charge in [-0.2, -0.15) is 0 Å². The number of fused-ring (bicyclic) bond motifs is 3. The molecule has 0 aromatic heterocycles. The maximum absolute atomic E-state index is 12.7. The van der Waals surface area contributed by atoms with Crippen molar-refractivity contribution in [2.24, 2.45) is 0 Å². The lowest BCUT2D eigenvalue weighted by molar-refractivity contribution is -0.326. The minimum atomic E-state index is -1.10. The molecule has 4 amide bonds. The lowest BCUT2D eigenvalue weighted by Gasteiger charge is -2.23. The second kappa shape index (κ2) is 15.1. The van der Waals surface area contributed by atoms with Crippen LogP contribution in [0.3, 0.4) is 0 Å². The van der Waals surface area contributed by atoms with E-state index in [9.17, 15) is 24.0 Å². The number of carbonyl (C=O) groups is 5. The van der Waals surface area contributed by atoms with Crippen LogP contribution >= 0.6 is 0 Å². The Kier molecular flexibility index (Phi) is 11.1. The predicted octanol–water partition coefficient (Wildman–Crippen LogP) is 4.93. The minimum Gasteiger partial charge on any atom is -0.432 e. The van der Waals surface area contributed by atoms with Gasteiger partial charge in [0.25, 0.3) is 11.8 Å². The van der Waals surface area contributed by atoms with Crippen molar-refractivity contribution in [1.29, 1.82) is 0 Å². The topological polar surface area (TPSA) is 152 Å². The zero-order valence-electron chi connectivity index (χ0n) is 24.5. The van der Waals surface area contributed by atoms with Crippen molar-refractivity contribution in [3.05, 3.63) is 53.1 Å². The fourth-order valence-corrected chi connectivity index (χ4v) is 4.94. The fraction of sp³-hybridized carbons (Fsp3) is 0.452. The van der Waals surface area contributed by atoms with Crippen molar-refractivity contribution in [2.75, 3.05) is 31.6 Å². The molecular formula is C31H44N4O8. The van der Waals surface area contributed by atoms with Crippen molar-refractivity contribution in [2.45, 2.75) is 64.7 Å². The Hall–Kier alpha value is -4.45. The molecule has 1 saturated heterocycles. The summed E-state index contributed by atoms with van der Waals surface area (Å²) in [6.45, 7) is 5.19. The predicted molar refractivity (Wildman–Crippen MR) is 163 cm³/mol. The quantitative estimate of drug-likeness (QED) is 0.274. The maximum Gasteiger partial charge on any atom is 0.535 e. The van der Waals surface area contributed by atoms with E-state index < -0.39 is 18.0 Å². The molecule has 0 saturated carbocycles. The Bertz CT molecular complexity index is 1380. The lowest BCUT2D eigenvalue weighted by atomic mass is 9.96. The smallest absolute Gasteiger partial charge is 0.432 e. The molecule has 236 valence electrons. The molecule has 4 rings (SSSR count). The molecule has 3 N–H and O–H groups in total. The van der Waals surface area contributed by atoms with Crippen LogP contribution in [0, 0.1) is 0 Å². The average Bonchev–Trinajstić information content (AvgIpc) is 3.30. The minimum absolute atomic E-state index is 0. The van der Waals surface area contributed by atoms with Gasteiger partial charge in [0.05, 0.1) is 6.61 Å². The van der Waals surface area contributed by atoms with Crippen molar-refractivity contribution in [3.63, 3.8) is 0 Å². The van der Waals surface area contributed by atoms with Gasteiger partial charge in [0.2, 0.25) is 11.8 Å². The maximum atomic E-state index is 12.7. The molecule has 0 radical (unpaired) electrons. The van der Waals surface area contributed by atoms with Gasteiger partial charge in [-0.15, -0.1) is 0 Å². The van der Waals surface area contributed by atoms with Crippen LogP contribution in [0.4, 0.5) is 10.5 Å². The van der Waals surface area contributed by atoms with Crippen molar-refractivity contribution >= 4 is 35.5 Å². The zero-order valence-corrected chi connectivity index (χ0v) is 24.5. The number of hydrogen-bond donors (Lipinski definition) is 3. The van der Waals surface area contributed by atoms with Gasteiger partial charge in [0.15, 0.2) is 0 Å². The largest absolute Gasteiger partial charge is 0.535 e. The molecule has 2 aromatic carbocycles. The van der Waals surface area contributed by atoms with Crippen LogP contribution in [0.15, 0.2) is 36.4 Å². The lowest BCUT2D eigenvalue weighted by Crippen LogP contribution is -2.37. The summed E-state index contributed by atoms with van der Waals surface area (Å²) in [6, 6.07) is 10.9. The number of hydroxylamine groups is 2. The second-order valence-electron chi connectivity index (χ2n) is 10.4. The number of ether oxygens (including phenoxy) is 1. The summed E-state index contributed by atoms with van der Waals surface area (Å²) in [7, 11) is 0. The Labute approximate surface area is 254 Å². The van der Waals surface area contributed by atoms with Gasteiger partial charge in [0.1, 0.15) is 6.61 Å². The van der Waals surface area contributed by atoms with Gasteiger partial charge >= 0.3 is 6.16 Å². The highest BCUT2D eigenvalue weighted by molar-refractivity contribution is 5.96. The normalized spacial score (nSPS) is 15.3. The molecule has 12 nitrogen and oxygen atoms in total. The summed E-state index contributed by atoms with van der Waals surface area (Å²) in [5.41, 5.74) is 4.33. The third-order valence-corrected chi connectivity index (χ3v) is 7.08. The Morgan fingerprint density at radius 1 is 0.953 bits per heavy atom. The molecule has 0 spiro atoms. The van der Waals surface area contributed by atoms with Crippen LogP contribution in [0.25, 0.3) is 11.1 Å². The molecule has 1 aliphatic carbocycles. The first-order valence-corrected chi connectivity index (χ1v) is 14.7. The highest BCUT2D eigenvalue weighted by atomic mass is 17.0. The number of nitrogens with zero attached hydrogens (tertiary/aromatic N) is 1. The first kappa shape index (κ1) is 31.5. The van der Waals surface area contributed by atoms with Crippen LogP contribution < -0.4 is 16.0 Å². The van der Waals surface area contributed by atoms with E-state index in [1.165, 1.54) is 0 Å². The van der Waals surface area contributed by atoms with E-state index in [0.717, 1.165) is 35.1 Å². The first-order chi connectivity index (χ1) is 20.8. The first-order valence-electron chi connectivity index (χ1n) is 14.7. The molecule has 1 atom stereocenters. The van der Waals surface area contributed by atoms with E-state index in [1.54, 1.807) is 18.2 Å². The zero-order chi connectivity index (χ0) is 30.8. The number of hydrogen-bond acceptors (Lipinski definition) is 8. The van der Waals surface area contributed by atoms with Crippen molar-refractivity contribution < 1.29 is 42.7 Å². The Morgan fingerprint density at radius 3 is 2.40 bits per heavy atom. The van der Waals surface area contributed by atoms with Crippen LogP contribution in [0.5, 0.6) is 0 Å². The molecular weight excluding hydrogens is 556 g/mol. The van der Waals surface area contributed by atoms with Crippen molar-refractivity contribution in [1.82, 2.24) is 15.9 Å². The van der Waals surface area contributed by atoms with Crippen LogP contribution in [0.2, 0.25) is 0 Å². The fourth-order valence-electron chi connectivity index (χ4n) is 4.94. The molecule has 0 bridgehead atoms. The van der Waals surface area contributed by atoms with Crippen molar-refractivity contribution in [3.8, 4) is 11.1 Å². The standard InChI is InChI=1S/C31H38N4O8.3H2/c1-3-14-32-27(36)7-5-8-28(37)34-21-11-13-23-22-12-10-20(30(39)33-15-4-2)17-24(22)26(25(23)18-21)19-41-31(40)43-35-29(38)9-6-16-42-35;;;/h10-13,17-18,26H,3-9,14-16,19H2,1-2H3,(H,32,36)(H,33,39)(H,34,37);3*1H. The van der Waals surface area contributed by atoms with Gasteiger partial charge in [-0.1, -0.05) is 26.0 Å². The second-order valence-corrected chi connectivity index (χ2v) is 10.4. The van der Waals surface area contributed by atoms with Gasteiger partial charge < -0.3 is 20.7 Å². The van der Waals surface area contributed by atoms with Crippen LogP contribution in [-0.2, 0) is 28.8 Å².